The van der Waals surface area contributed by atoms with E-state index in [0.29, 0.717) is 18.0 Å². The molecule has 1 aromatic carbocycles. The highest BCUT2D eigenvalue weighted by molar-refractivity contribution is 5.82. The van der Waals surface area contributed by atoms with Gasteiger partial charge in [0.25, 0.3) is 5.56 Å². The van der Waals surface area contributed by atoms with Gasteiger partial charge in [0.15, 0.2) is 0 Å². The first-order chi connectivity index (χ1) is 16.9. The number of benzene rings is 1. The highest BCUT2D eigenvalue weighted by Gasteiger charge is 2.56. The number of pyridine rings is 1. The van der Waals surface area contributed by atoms with Crippen LogP contribution in [0.1, 0.15) is 24.6 Å². The summed E-state index contributed by atoms with van der Waals surface area (Å²) in [7, 11) is 5.17. The molecule has 0 unspecified atom stereocenters. The van der Waals surface area contributed by atoms with E-state index in [4.69, 9.17) is 9.47 Å². The number of likely N-dealkylation sites (tertiary alicyclic amines) is 1. The van der Waals surface area contributed by atoms with Crippen molar-refractivity contribution < 1.29 is 19.4 Å². The van der Waals surface area contributed by atoms with Crippen molar-refractivity contribution in [2.75, 3.05) is 47.6 Å². The maximum absolute atomic E-state index is 13.6. The molecule has 0 radical (unpaired) electrons. The molecule has 1 aromatic heterocycles. The lowest BCUT2D eigenvalue weighted by molar-refractivity contribution is -0.136. The van der Waals surface area contributed by atoms with Crippen molar-refractivity contribution in [3.63, 3.8) is 0 Å². The van der Waals surface area contributed by atoms with E-state index in [1.165, 1.54) is 0 Å². The number of amides is 1. The normalized spacial score (nSPS) is 26.4. The molecule has 3 aliphatic heterocycles. The highest BCUT2D eigenvalue weighted by atomic mass is 16.5. The summed E-state index contributed by atoms with van der Waals surface area (Å²) in [6.07, 6.45) is 1.92. The van der Waals surface area contributed by atoms with Gasteiger partial charge in [-0.15, -0.1) is 0 Å². The summed E-state index contributed by atoms with van der Waals surface area (Å²) in [5.41, 5.74) is 2.41. The highest BCUT2D eigenvalue weighted by Crippen LogP contribution is 2.50. The number of hydrogen-bond acceptors (Lipinski definition) is 6. The third-order valence-corrected chi connectivity index (χ3v) is 8.10. The number of hydrogen-bond donors (Lipinski definition) is 1. The zero-order chi connectivity index (χ0) is 24.7. The first-order valence-electron chi connectivity index (χ1n) is 12.5. The maximum atomic E-state index is 13.6. The molecule has 1 N–H and O–H groups in total. The van der Waals surface area contributed by atoms with E-state index in [-0.39, 0.29) is 36.0 Å². The molecule has 2 aromatic rings. The molecular formula is C27H35N3O5. The fourth-order valence-electron chi connectivity index (χ4n) is 6.28. The topological polar surface area (TPSA) is 84.2 Å². The molecule has 35 heavy (non-hydrogen) atoms. The van der Waals surface area contributed by atoms with E-state index in [2.05, 4.69) is 4.90 Å². The second-order valence-electron chi connectivity index (χ2n) is 10.2. The van der Waals surface area contributed by atoms with Gasteiger partial charge in [0.05, 0.1) is 19.2 Å². The Hall–Kier alpha value is -2.68. The van der Waals surface area contributed by atoms with Crippen LogP contribution in [-0.4, -0.2) is 79.0 Å². The van der Waals surface area contributed by atoms with Crippen LogP contribution in [0.5, 0.6) is 5.75 Å². The van der Waals surface area contributed by atoms with Crippen LogP contribution in [0.3, 0.4) is 0 Å². The summed E-state index contributed by atoms with van der Waals surface area (Å²) in [6, 6.07) is 11.0. The zero-order valence-corrected chi connectivity index (χ0v) is 20.7. The third-order valence-electron chi connectivity index (χ3n) is 8.10. The summed E-state index contributed by atoms with van der Waals surface area (Å²) in [6.45, 7) is 2.67. The van der Waals surface area contributed by atoms with Crippen LogP contribution in [-0.2, 0) is 16.1 Å². The number of nitrogens with zero attached hydrogens (tertiary/aromatic N) is 3. The maximum Gasteiger partial charge on any atom is 0.258 e. The lowest BCUT2D eigenvalue weighted by atomic mass is 9.88. The Morgan fingerprint density at radius 3 is 2.49 bits per heavy atom. The van der Waals surface area contributed by atoms with Crippen molar-refractivity contribution in [2.45, 2.75) is 31.5 Å². The summed E-state index contributed by atoms with van der Waals surface area (Å²) in [5.74, 6) is 0.981. The number of likely N-dealkylation sites (N-methyl/N-ethyl adjacent to an activating group) is 1. The number of methoxy groups -OCH3 is 1. The van der Waals surface area contributed by atoms with Crippen LogP contribution < -0.4 is 10.3 Å². The van der Waals surface area contributed by atoms with Gasteiger partial charge >= 0.3 is 0 Å². The Morgan fingerprint density at radius 2 is 1.86 bits per heavy atom. The van der Waals surface area contributed by atoms with Crippen LogP contribution in [0, 0.1) is 17.8 Å². The molecule has 4 heterocycles. The average molecular weight is 482 g/mol. The zero-order valence-electron chi connectivity index (χ0n) is 20.7. The summed E-state index contributed by atoms with van der Waals surface area (Å²) >= 11 is 0. The molecule has 4 atom stereocenters. The lowest BCUT2D eigenvalue weighted by Gasteiger charge is -2.36. The smallest absolute Gasteiger partial charge is 0.258 e. The molecule has 0 bridgehead atoms. The van der Waals surface area contributed by atoms with Gasteiger partial charge < -0.3 is 24.0 Å². The van der Waals surface area contributed by atoms with E-state index >= 15 is 0 Å². The fourth-order valence-corrected chi connectivity index (χ4v) is 6.28. The monoisotopic (exact) mass is 481 g/mol. The Kier molecular flexibility index (Phi) is 6.70. The van der Waals surface area contributed by atoms with Crippen molar-refractivity contribution in [1.82, 2.24) is 14.4 Å². The molecule has 0 aliphatic carbocycles. The largest absolute Gasteiger partial charge is 0.497 e. The quantitative estimate of drug-likeness (QED) is 0.680. The summed E-state index contributed by atoms with van der Waals surface area (Å²) < 4.78 is 12.7. The first-order valence-corrected chi connectivity index (χ1v) is 12.5. The molecule has 5 rings (SSSR count). The predicted molar refractivity (Wildman–Crippen MR) is 132 cm³/mol. The molecule has 2 saturated heterocycles. The van der Waals surface area contributed by atoms with Crippen molar-refractivity contribution >= 4 is 5.91 Å². The molecule has 1 amide bonds. The van der Waals surface area contributed by atoms with E-state index < -0.39 is 6.04 Å². The lowest BCUT2D eigenvalue weighted by Crippen LogP contribution is -2.49. The second-order valence-corrected chi connectivity index (χ2v) is 10.2. The van der Waals surface area contributed by atoms with Crippen molar-refractivity contribution in [2.24, 2.45) is 17.8 Å². The minimum Gasteiger partial charge on any atom is -0.497 e. The van der Waals surface area contributed by atoms with Crippen molar-refractivity contribution in [1.29, 1.82) is 0 Å². The van der Waals surface area contributed by atoms with Gasteiger partial charge in [-0.05, 0) is 48.6 Å². The molecule has 188 valence electrons. The van der Waals surface area contributed by atoms with Crippen LogP contribution >= 0.6 is 0 Å². The van der Waals surface area contributed by atoms with Gasteiger partial charge in [0.1, 0.15) is 5.75 Å². The van der Waals surface area contributed by atoms with Crippen LogP contribution in [0.4, 0.5) is 0 Å². The van der Waals surface area contributed by atoms with Gasteiger partial charge in [-0.25, -0.2) is 0 Å². The Morgan fingerprint density at radius 1 is 1.14 bits per heavy atom. The molecule has 2 fully saturated rings. The fraction of sp³-hybridized carbons (Fsp3) is 0.556. The number of carbonyl (C=O) groups is 1. The minimum atomic E-state index is -0.391. The number of ether oxygens (including phenoxy) is 2. The predicted octanol–water partition coefficient (Wildman–Crippen LogP) is 2.00. The average Bonchev–Trinajstić information content (AvgIpc) is 3.40. The number of rotatable bonds is 6. The number of aliphatic hydroxyl groups is 1. The molecule has 8 heteroatoms. The number of aliphatic hydroxyl groups excluding tert-OH is 1. The molecule has 0 saturated carbocycles. The Balaban J connectivity index is 1.54. The van der Waals surface area contributed by atoms with E-state index in [0.717, 1.165) is 49.6 Å². The standard InChI is InChI=1S/C27H35N3O5/c1-28(2)27(33)25-22(16-31)21-15-29-23(24(21)30(25)14-17-10-12-35-13-11-17)9-8-20(26(29)32)18-4-6-19(34-3)7-5-18/h4-9,17,21-22,24-25,31H,10-16H2,1-3H3/t21-,22-,24+,25-/m0/s1. The van der Waals surface area contributed by atoms with Crippen molar-refractivity contribution in [3.8, 4) is 16.9 Å². The van der Waals surface area contributed by atoms with E-state index in [9.17, 15) is 14.7 Å². The Bertz CT molecular complexity index is 1120. The minimum absolute atomic E-state index is 0.00700. The SMILES string of the molecule is COc1ccc(-c2ccc3n(c2=O)C[C@H]2[C@H](CO)[C@@H](C(=O)N(C)C)N(CC4CCOCC4)[C@@H]32)cc1. The van der Waals surface area contributed by atoms with Crippen molar-refractivity contribution in [3.05, 3.63) is 52.4 Å². The van der Waals surface area contributed by atoms with Gasteiger partial charge in [0, 0.05) is 70.1 Å². The van der Waals surface area contributed by atoms with E-state index in [1.807, 2.05) is 41.0 Å². The summed E-state index contributed by atoms with van der Waals surface area (Å²) in [5, 5.41) is 10.5. The molecule has 0 spiro atoms. The van der Waals surface area contributed by atoms with Gasteiger partial charge in [-0.3, -0.25) is 14.5 Å². The third kappa shape index (κ3) is 4.17. The van der Waals surface area contributed by atoms with Crippen LogP contribution in [0.15, 0.2) is 41.2 Å². The number of carbonyl (C=O) groups excluding carboxylic acids is 1. The van der Waals surface area contributed by atoms with Crippen LogP contribution in [0.25, 0.3) is 11.1 Å². The number of fused-ring (bicyclic) bond motifs is 3. The van der Waals surface area contributed by atoms with Gasteiger partial charge in [-0.2, -0.15) is 0 Å². The second kappa shape index (κ2) is 9.76. The Labute approximate surface area is 206 Å². The van der Waals surface area contributed by atoms with Gasteiger partial charge in [0.2, 0.25) is 5.91 Å². The first kappa shape index (κ1) is 24.0. The molecule has 8 nitrogen and oxygen atoms in total. The number of aromatic nitrogens is 1. The van der Waals surface area contributed by atoms with Crippen LogP contribution in [0.2, 0.25) is 0 Å². The summed E-state index contributed by atoms with van der Waals surface area (Å²) in [4.78, 5) is 30.9. The molecular weight excluding hydrogens is 446 g/mol. The van der Waals surface area contributed by atoms with E-state index in [1.54, 1.807) is 26.1 Å². The van der Waals surface area contributed by atoms with Gasteiger partial charge in [-0.1, -0.05) is 12.1 Å². The molecule has 3 aliphatic rings.